The van der Waals surface area contributed by atoms with Gasteiger partial charge in [0.1, 0.15) is 23.9 Å². The van der Waals surface area contributed by atoms with Crippen molar-refractivity contribution >= 4 is 22.2 Å². The lowest BCUT2D eigenvalue weighted by molar-refractivity contribution is 0.260. The largest absolute Gasteiger partial charge is 0.492 e. The van der Waals surface area contributed by atoms with Crippen LogP contribution in [0.15, 0.2) is 61.2 Å². The molecule has 10 nitrogen and oxygen atoms in total. The van der Waals surface area contributed by atoms with Crippen molar-refractivity contribution in [3.63, 3.8) is 0 Å². The fraction of sp³-hybridized carbons (Fsp3) is 0.281. The fourth-order valence-electron chi connectivity index (χ4n) is 5.59. The minimum absolute atomic E-state index is 0.376. The first kappa shape index (κ1) is 27.1. The van der Waals surface area contributed by atoms with Crippen LogP contribution in [-0.4, -0.2) is 85.3 Å². The summed E-state index contributed by atoms with van der Waals surface area (Å²) in [5, 5.41) is 8.35. The number of aromatic amines is 2. The Hall–Kier alpha value is -4.74. The van der Waals surface area contributed by atoms with Gasteiger partial charge in [0.05, 0.1) is 10.9 Å². The van der Waals surface area contributed by atoms with Crippen LogP contribution in [-0.2, 0) is 6.54 Å². The molecule has 0 atom stereocenters. The van der Waals surface area contributed by atoms with Crippen LogP contribution in [0.25, 0.3) is 56.0 Å². The molecule has 2 N–H and O–H groups in total. The molecule has 0 saturated carbocycles. The summed E-state index contributed by atoms with van der Waals surface area (Å²) in [6, 6.07) is 10.8. The number of benzene rings is 1. The molecule has 0 aliphatic carbocycles. The van der Waals surface area contributed by atoms with Gasteiger partial charge in [-0.25, -0.2) is 19.3 Å². The zero-order chi connectivity index (χ0) is 29.3. The first-order valence-electron chi connectivity index (χ1n) is 14.4. The standard InChI is InChI=1S/C32H32FN9O/c1-41(2)9-10-43-25-13-21(12-24(33)15-25)26-5-6-35-31-28(26)37-32(38-31)29-27-14-23(18-36-30(27)40-39-29)22-11-20(16-34-17-22)19-42-7-3-4-8-42/h5-6,11-18H,3-4,7-10,19H2,1-2H3,(H,35,37,38)(H,36,39,40). The number of likely N-dealkylation sites (tertiary alicyclic amines) is 1. The Morgan fingerprint density at radius 3 is 2.67 bits per heavy atom. The molecule has 1 fully saturated rings. The molecule has 1 saturated heterocycles. The van der Waals surface area contributed by atoms with Crippen LogP contribution in [0.2, 0.25) is 0 Å². The number of pyridine rings is 3. The van der Waals surface area contributed by atoms with Gasteiger partial charge in [-0.1, -0.05) is 0 Å². The van der Waals surface area contributed by atoms with Crippen LogP contribution in [0, 0.1) is 5.82 Å². The van der Waals surface area contributed by atoms with Gasteiger partial charge in [-0.2, -0.15) is 5.10 Å². The van der Waals surface area contributed by atoms with E-state index in [1.807, 2.05) is 49.7 Å². The Morgan fingerprint density at radius 1 is 0.953 bits per heavy atom. The second-order valence-corrected chi connectivity index (χ2v) is 11.2. The summed E-state index contributed by atoms with van der Waals surface area (Å²) >= 11 is 0. The maximum atomic E-state index is 14.6. The molecule has 1 aliphatic heterocycles. The number of rotatable bonds is 9. The average Bonchev–Trinajstić information content (AvgIpc) is 3.76. The van der Waals surface area contributed by atoms with Crippen molar-refractivity contribution < 1.29 is 9.13 Å². The summed E-state index contributed by atoms with van der Waals surface area (Å²) in [6.07, 6.45) is 9.81. The fourth-order valence-corrected chi connectivity index (χ4v) is 5.59. The molecule has 7 rings (SSSR count). The highest BCUT2D eigenvalue weighted by Gasteiger charge is 2.18. The van der Waals surface area contributed by atoms with E-state index in [0.29, 0.717) is 46.2 Å². The highest BCUT2D eigenvalue weighted by atomic mass is 19.1. The summed E-state index contributed by atoms with van der Waals surface area (Å²) in [6.45, 7) is 4.35. The van der Waals surface area contributed by atoms with Gasteiger partial charge in [-0.3, -0.25) is 15.0 Å². The molecule has 1 aromatic carbocycles. The van der Waals surface area contributed by atoms with Crippen LogP contribution in [0.3, 0.4) is 0 Å². The van der Waals surface area contributed by atoms with E-state index in [0.717, 1.165) is 48.3 Å². The third-order valence-corrected chi connectivity index (χ3v) is 7.76. The van der Waals surface area contributed by atoms with Gasteiger partial charge in [0.15, 0.2) is 17.1 Å². The number of likely N-dealkylation sites (N-methyl/N-ethyl adjacent to an activating group) is 1. The Balaban J connectivity index is 1.22. The van der Waals surface area contributed by atoms with Gasteiger partial charge in [0, 0.05) is 60.6 Å². The third kappa shape index (κ3) is 5.69. The Labute approximate surface area is 248 Å². The van der Waals surface area contributed by atoms with Crippen LogP contribution < -0.4 is 4.74 Å². The van der Waals surface area contributed by atoms with Gasteiger partial charge in [0.25, 0.3) is 0 Å². The summed E-state index contributed by atoms with van der Waals surface area (Å²) in [5.74, 6) is 0.661. The second kappa shape index (κ2) is 11.5. The quantitative estimate of drug-likeness (QED) is 0.238. The van der Waals surface area contributed by atoms with Gasteiger partial charge in [-0.15, -0.1) is 0 Å². The number of nitrogens with one attached hydrogen (secondary N) is 2. The third-order valence-electron chi connectivity index (χ3n) is 7.76. The number of imidazole rings is 1. The van der Waals surface area contributed by atoms with Crippen molar-refractivity contribution in [1.82, 2.24) is 44.9 Å². The summed E-state index contributed by atoms with van der Waals surface area (Å²) < 4.78 is 20.5. The van der Waals surface area contributed by atoms with Crippen molar-refractivity contribution in [2.45, 2.75) is 19.4 Å². The van der Waals surface area contributed by atoms with Crippen LogP contribution in [0.4, 0.5) is 4.39 Å². The zero-order valence-corrected chi connectivity index (χ0v) is 24.1. The lowest BCUT2D eigenvalue weighted by atomic mass is 10.1. The predicted molar refractivity (Wildman–Crippen MR) is 164 cm³/mol. The topological polar surface area (TPSA) is 112 Å². The molecule has 5 aromatic heterocycles. The number of nitrogens with zero attached hydrogens (tertiary/aromatic N) is 7. The van der Waals surface area contributed by atoms with Crippen LogP contribution in [0.1, 0.15) is 18.4 Å². The number of fused-ring (bicyclic) bond motifs is 2. The molecule has 6 aromatic rings. The molecule has 11 heteroatoms. The first-order chi connectivity index (χ1) is 21.0. The van der Waals surface area contributed by atoms with Crippen LogP contribution >= 0.6 is 0 Å². The number of hydrogen-bond acceptors (Lipinski definition) is 8. The number of ether oxygens (including phenoxy) is 1. The van der Waals surface area contributed by atoms with Crippen molar-refractivity contribution in [2.24, 2.45) is 0 Å². The normalized spacial score (nSPS) is 14.0. The molecule has 43 heavy (non-hydrogen) atoms. The van der Waals surface area contributed by atoms with Gasteiger partial charge >= 0.3 is 0 Å². The Kier molecular flexibility index (Phi) is 7.25. The van der Waals surface area contributed by atoms with E-state index in [-0.39, 0.29) is 5.82 Å². The van der Waals surface area contributed by atoms with Gasteiger partial charge in [0.2, 0.25) is 0 Å². The molecule has 0 amide bonds. The minimum Gasteiger partial charge on any atom is -0.492 e. The predicted octanol–water partition coefficient (Wildman–Crippen LogP) is 5.30. The van der Waals surface area contributed by atoms with Gasteiger partial charge in [-0.05, 0) is 81.5 Å². The number of hydrogen-bond donors (Lipinski definition) is 2. The summed E-state index contributed by atoms with van der Waals surface area (Å²) in [7, 11) is 3.93. The van der Waals surface area contributed by atoms with E-state index < -0.39 is 0 Å². The van der Waals surface area contributed by atoms with E-state index in [2.05, 4.69) is 47.2 Å². The maximum Gasteiger partial charge on any atom is 0.181 e. The summed E-state index contributed by atoms with van der Waals surface area (Å²) in [4.78, 5) is 26.2. The Bertz CT molecular complexity index is 1910. The SMILES string of the molecule is CN(C)CCOc1cc(F)cc(-c2ccnc3nc(-c4[nH]nc5ncc(-c6cncc(CN7CCCC7)c6)cc45)[nH]c23)c1. The lowest BCUT2D eigenvalue weighted by Gasteiger charge is -2.14. The van der Waals surface area contributed by atoms with E-state index in [1.165, 1.54) is 30.5 Å². The smallest absolute Gasteiger partial charge is 0.181 e. The minimum atomic E-state index is -0.376. The van der Waals surface area contributed by atoms with Crippen molar-refractivity contribution in [3.05, 3.63) is 72.6 Å². The maximum absolute atomic E-state index is 14.6. The molecular weight excluding hydrogens is 545 g/mol. The highest BCUT2D eigenvalue weighted by Crippen LogP contribution is 2.33. The van der Waals surface area contributed by atoms with E-state index >= 15 is 0 Å². The van der Waals surface area contributed by atoms with E-state index in [9.17, 15) is 4.39 Å². The molecule has 6 heterocycles. The molecule has 1 aliphatic rings. The molecule has 0 radical (unpaired) electrons. The van der Waals surface area contributed by atoms with E-state index in [1.54, 1.807) is 6.20 Å². The van der Waals surface area contributed by atoms with Crippen LogP contribution in [0.5, 0.6) is 5.75 Å². The molecular formula is C32H32FN9O. The first-order valence-corrected chi connectivity index (χ1v) is 14.4. The zero-order valence-electron chi connectivity index (χ0n) is 24.1. The highest BCUT2D eigenvalue weighted by molar-refractivity contribution is 5.96. The average molecular weight is 578 g/mol. The molecule has 218 valence electrons. The number of halogens is 1. The molecule has 0 unspecified atom stereocenters. The van der Waals surface area contributed by atoms with Crippen molar-refractivity contribution in [2.75, 3.05) is 40.3 Å². The lowest BCUT2D eigenvalue weighted by Crippen LogP contribution is -2.19. The van der Waals surface area contributed by atoms with E-state index in [4.69, 9.17) is 9.72 Å². The number of aromatic nitrogens is 7. The molecule has 0 spiro atoms. The van der Waals surface area contributed by atoms with Crippen molar-refractivity contribution in [1.29, 1.82) is 0 Å². The monoisotopic (exact) mass is 577 g/mol. The van der Waals surface area contributed by atoms with Crippen molar-refractivity contribution in [3.8, 4) is 39.5 Å². The summed E-state index contributed by atoms with van der Waals surface area (Å²) in [5.41, 5.74) is 7.05. The second-order valence-electron chi connectivity index (χ2n) is 11.2. The molecule has 0 bridgehead atoms. The number of H-pyrrole nitrogens is 2. The van der Waals surface area contributed by atoms with Gasteiger partial charge < -0.3 is 14.6 Å². The Morgan fingerprint density at radius 2 is 1.81 bits per heavy atom.